The van der Waals surface area contributed by atoms with Gasteiger partial charge in [-0.15, -0.1) is 0 Å². The van der Waals surface area contributed by atoms with Crippen LogP contribution < -0.4 is 20.9 Å². The number of ether oxygens (including phenoxy) is 1. The van der Waals surface area contributed by atoms with E-state index in [9.17, 15) is 37.1 Å². The summed E-state index contributed by atoms with van der Waals surface area (Å²) in [5.74, 6) is -4.60. The highest BCUT2D eigenvalue weighted by molar-refractivity contribution is 5.95. The van der Waals surface area contributed by atoms with Crippen molar-refractivity contribution in [2.75, 3.05) is 19.6 Å². The number of carbonyl (C=O) groups is 5. The van der Waals surface area contributed by atoms with Gasteiger partial charge in [0.1, 0.15) is 18.4 Å². The Hall–Kier alpha value is -4.89. The second-order valence-corrected chi connectivity index (χ2v) is 10.3. The third-order valence-electron chi connectivity index (χ3n) is 6.92. The zero-order valence-electron chi connectivity index (χ0n) is 24.1. The van der Waals surface area contributed by atoms with Gasteiger partial charge in [0.15, 0.2) is 0 Å². The second kappa shape index (κ2) is 14.1. The van der Waals surface area contributed by atoms with Crippen LogP contribution in [0.3, 0.4) is 0 Å². The van der Waals surface area contributed by atoms with E-state index in [1.54, 1.807) is 31.2 Å². The van der Waals surface area contributed by atoms with Gasteiger partial charge < -0.3 is 30.2 Å². The number of rotatable bonds is 11. The summed E-state index contributed by atoms with van der Waals surface area (Å²) in [6, 6.07) is 9.17. The van der Waals surface area contributed by atoms with E-state index < -0.39 is 54.0 Å². The highest BCUT2D eigenvalue weighted by Gasteiger charge is 2.48. The molecule has 0 bridgehead atoms. The maximum absolute atomic E-state index is 13.7. The van der Waals surface area contributed by atoms with Crippen molar-refractivity contribution in [1.82, 2.24) is 26.0 Å². The van der Waals surface area contributed by atoms with Gasteiger partial charge in [0, 0.05) is 24.5 Å². The van der Waals surface area contributed by atoms with Crippen molar-refractivity contribution in [1.29, 1.82) is 0 Å². The molecule has 44 heavy (non-hydrogen) atoms. The topological polar surface area (TPSA) is 176 Å². The minimum Gasteiger partial charge on any atom is -0.489 e. The number of carboxylic acid groups (broad SMARTS) is 1. The first-order chi connectivity index (χ1) is 20.6. The molecule has 3 rings (SSSR count). The molecule has 0 radical (unpaired) electrons. The summed E-state index contributed by atoms with van der Waals surface area (Å²) in [6.45, 7) is 4.90. The van der Waals surface area contributed by atoms with Crippen molar-refractivity contribution < 1.29 is 51.8 Å². The van der Waals surface area contributed by atoms with Crippen molar-refractivity contribution in [3.63, 3.8) is 0 Å². The minimum atomic E-state index is -5.37. The van der Waals surface area contributed by atoms with E-state index in [0.29, 0.717) is 17.9 Å². The predicted molar refractivity (Wildman–Crippen MR) is 146 cm³/mol. The lowest BCUT2D eigenvalue weighted by molar-refractivity contribution is -0.208. The number of hydrogen-bond acceptors (Lipinski definition) is 8. The number of likely N-dealkylation sites (tertiary alicyclic amines) is 1. The van der Waals surface area contributed by atoms with Gasteiger partial charge in [-0.3, -0.25) is 19.4 Å². The molecule has 1 saturated heterocycles. The Labute approximate surface area is 250 Å². The van der Waals surface area contributed by atoms with E-state index in [-0.39, 0.29) is 25.9 Å². The Bertz CT molecular complexity index is 1380. The fourth-order valence-electron chi connectivity index (χ4n) is 4.74. The molecule has 0 saturated carbocycles. The van der Waals surface area contributed by atoms with E-state index in [1.807, 2.05) is 31.3 Å². The van der Waals surface area contributed by atoms with Crippen molar-refractivity contribution in [2.45, 2.75) is 57.9 Å². The summed E-state index contributed by atoms with van der Waals surface area (Å²) in [7, 11) is 0. The zero-order valence-corrected chi connectivity index (χ0v) is 24.1. The fraction of sp³-hybridized carbons (Fsp3) is 0.429. The molecule has 1 aromatic carbocycles. The average Bonchev–Trinajstić information content (AvgIpc) is 3.25. The van der Waals surface area contributed by atoms with Crippen LogP contribution >= 0.6 is 0 Å². The lowest BCUT2D eigenvalue weighted by Gasteiger charge is -2.29. The molecule has 2 unspecified atom stereocenters. The number of pyridine rings is 1. The van der Waals surface area contributed by atoms with Gasteiger partial charge in [-0.25, -0.2) is 9.59 Å². The quantitative estimate of drug-likeness (QED) is 0.273. The summed E-state index contributed by atoms with van der Waals surface area (Å²) in [5, 5.41) is 12.8. The van der Waals surface area contributed by atoms with Gasteiger partial charge in [0.25, 0.3) is 5.91 Å². The number of aromatic nitrogens is 1. The molecule has 2 atom stereocenters. The number of hydroxylamine groups is 1. The van der Waals surface area contributed by atoms with Gasteiger partial charge in [-0.2, -0.15) is 18.7 Å². The van der Waals surface area contributed by atoms with Crippen molar-refractivity contribution in [3.8, 4) is 5.75 Å². The number of nitrogens with zero attached hydrogens (tertiary/aromatic N) is 2. The molecule has 238 valence electrons. The first-order valence-corrected chi connectivity index (χ1v) is 13.4. The maximum Gasteiger partial charge on any atom is 0.493 e. The number of alkyl halides is 3. The van der Waals surface area contributed by atoms with Crippen LogP contribution in [0.25, 0.3) is 0 Å². The molecule has 1 aliphatic rings. The molecule has 1 aromatic heterocycles. The molecule has 1 aliphatic heterocycles. The van der Waals surface area contributed by atoms with Crippen LogP contribution in [-0.4, -0.2) is 76.6 Å². The third kappa shape index (κ3) is 8.81. The minimum absolute atomic E-state index is 0.0220. The molecular weight excluding hydrogens is 591 g/mol. The SMILES string of the molecule is Cc1cc(COc2ccc(C3(C)CCN(C(CCNC(=O)CNC(=O)O)C(=O)NOC(=O)C(F)(F)F)C3=O)cc2)cc(C)n1. The smallest absolute Gasteiger partial charge is 0.489 e. The van der Waals surface area contributed by atoms with Crippen LogP contribution in [0.1, 0.15) is 42.3 Å². The molecule has 2 aromatic rings. The van der Waals surface area contributed by atoms with Crippen LogP contribution in [0.2, 0.25) is 0 Å². The number of halogens is 3. The average molecular weight is 624 g/mol. The largest absolute Gasteiger partial charge is 0.493 e. The predicted octanol–water partition coefficient (Wildman–Crippen LogP) is 2.05. The molecule has 0 spiro atoms. The van der Waals surface area contributed by atoms with Gasteiger partial charge in [0.2, 0.25) is 11.8 Å². The first kappa shape index (κ1) is 33.6. The molecule has 4 amide bonds. The number of carbonyl (C=O) groups excluding carboxylic acids is 4. The monoisotopic (exact) mass is 623 g/mol. The summed E-state index contributed by atoms with van der Waals surface area (Å²) < 4.78 is 43.6. The van der Waals surface area contributed by atoms with Crippen LogP contribution in [0.5, 0.6) is 5.75 Å². The van der Waals surface area contributed by atoms with Crippen molar-refractivity contribution >= 4 is 29.8 Å². The van der Waals surface area contributed by atoms with Crippen LogP contribution in [-0.2, 0) is 36.0 Å². The number of nitrogens with one attached hydrogen (secondary N) is 3. The molecular formula is C28H32F3N5O8. The Morgan fingerprint density at radius 3 is 2.32 bits per heavy atom. The van der Waals surface area contributed by atoms with E-state index >= 15 is 0 Å². The molecule has 0 aliphatic carbocycles. The second-order valence-electron chi connectivity index (χ2n) is 10.3. The van der Waals surface area contributed by atoms with Gasteiger partial charge in [0.05, 0.1) is 12.0 Å². The Kier molecular flexibility index (Phi) is 10.7. The fourth-order valence-corrected chi connectivity index (χ4v) is 4.74. The number of aryl methyl sites for hydroxylation is 2. The molecule has 1 fully saturated rings. The lowest BCUT2D eigenvalue weighted by atomic mass is 9.81. The summed E-state index contributed by atoms with van der Waals surface area (Å²) in [5.41, 5.74) is 3.59. The van der Waals surface area contributed by atoms with E-state index in [1.165, 1.54) is 5.48 Å². The summed E-state index contributed by atoms with van der Waals surface area (Å²) in [6.07, 6.45) is -6.86. The molecule has 13 nitrogen and oxygen atoms in total. The summed E-state index contributed by atoms with van der Waals surface area (Å²) in [4.78, 5) is 69.4. The number of benzene rings is 1. The van der Waals surface area contributed by atoms with E-state index in [4.69, 9.17) is 9.84 Å². The number of hydrogen-bond donors (Lipinski definition) is 4. The standard InChI is InChI=1S/C28H32F3N5O8/c1-16-12-18(13-17(2)34-16)15-43-20-6-4-19(5-7-20)27(3)9-11-36(24(27)39)21(8-10-32-22(37)14-33-26(41)42)23(38)35-44-25(40)28(29,30)31/h4-7,12-13,21,33H,8-11,14-15H2,1-3H3,(H,32,37)(H,35,38)(H,41,42). The Balaban J connectivity index is 1.71. The number of amides is 4. The molecule has 16 heteroatoms. The van der Waals surface area contributed by atoms with Crippen LogP contribution in [0.15, 0.2) is 36.4 Å². The van der Waals surface area contributed by atoms with Crippen LogP contribution in [0.4, 0.5) is 18.0 Å². The van der Waals surface area contributed by atoms with Crippen LogP contribution in [0, 0.1) is 13.8 Å². The first-order valence-electron chi connectivity index (χ1n) is 13.4. The van der Waals surface area contributed by atoms with E-state index in [2.05, 4.69) is 15.1 Å². The van der Waals surface area contributed by atoms with Gasteiger partial charge in [-0.05, 0) is 69.0 Å². The summed E-state index contributed by atoms with van der Waals surface area (Å²) >= 11 is 0. The zero-order chi connectivity index (χ0) is 32.7. The molecule has 2 heterocycles. The van der Waals surface area contributed by atoms with Crippen molar-refractivity contribution in [2.24, 2.45) is 0 Å². The van der Waals surface area contributed by atoms with Gasteiger partial charge in [-0.1, -0.05) is 12.1 Å². The normalized spacial score (nSPS) is 17.0. The van der Waals surface area contributed by atoms with Crippen molar-refractivity contribution in [3.05, 3.63) is 58.9 Å². The Morgan fingerprint density at radius 2 is 1.73 bits per heavy atom. The highest BCUT2D eigenvalue weighted by atomic mass is 19.4. The highest BCUT2D eigenvalue weighted by Crippen LogP contribution is 2.37. The van der Waals surface area contributed by atoms with E-state index in [0.717, 1.165) is 21.9 Å². The third-order valence-corrected chi connectivity index (χ3v) is 6.92. The Morgan fingerprint density at radius 1 is 1.09 bits per heavy atom. The van der Waals surface area contributed by atoms with Gasteiger partial charge >= 0.3 is 18.2 Å². The maximum atomic E-state index is 13.7. The molecule has 4 N–H and O–H groups in total. The lowest BCUT2D eigenvalue weighted by Crippen LogP contribution is -2.52.